The second-order valence-electron chi connectivity index (χ2n) is 5.83. The topological polar surface area (TPSA) is 55.3 Å². The van der Waals surface area contributed by atoms with Crippen molar-refractivity contribution in [2.75, 3.05) is 48.1 Å². The molecule has 0 unspecified atom stereocenters. The highest BCUT2D eigenvalue weighted by Gasteiger charge is 2.11. The van der Waals surface area contributed by atoms with Crippen molar-refractivity contribution in [2.24, 2.45) is 4.99 Å². The van der Waals surface area contributed by atoms with Gasteiger partial charge in [0.1, 0.15) is 11.5 Å². The van der Waals surface area contributed by atoms with Gasteiger partial charge in [0.15, 0.2) is 5.96 Å². The largest absolute Gasteiger partial charge is 0.497 e. The Balaban J connectivity index is 0.00000625. The summed E-state index contributed by atoms with van der Waals surface area (Å²) in [4.78, 5) is 6.42. The number of halogens is 1. The molecule has 0 aliphatic heterocycles. The minimum Gasteiger partial charge on any atom is -0.497 e. The summed E-state index contributed by atoms with van der Waals surface area (Å²) in [6.45, 7) is 5.33. The van der Waals surface area contributed by atoms with Crippen LogP contribution in [-0.2, 0) is 11.3 Å². The van der Waals surface area contributed by atoms with Gasteiger partial charge in [-0.25, -0.2) is 0 Å². The summed E-state index contributed by atoms with van der Waals surface area (Å²) in [7, 11) is 7.13. The number of rotatable bonds is 11. The fourth-order valence-electron chi connectivity index (χ4n) is 2.42. The molecule has 1 N–H and O–H groups in total. The number of nitrogens with zero attached hydrogens (tertiary/aromatic N) is 2. The quantitative estimate of drug-likeness (QED) is 0.228. The van der Waals surface area contributed by atoms with Crippen LogP contribution in [0.5, 0.6) is 11.5 Å². The number of unbranched alkanes of at least 4 members (excludes halogenated alkanes) is 1. The van der Waals surface area contributed by atoms with Gasteiger partial charge >= 0.3 is 0 Å². The normalized spacial score (nSPS) is 10.9. The van der Waals surface area contributed by atoms with E-state index in [1.165, 1.54) is 6.42 Å². The van der Waals surface area contributed by atoms with Crippen molar-refractivity contribution in [3.05, 3.63) is 23.8 Å². The zero-order valence-corrected chi connectivity index (χ0v) is 19.0. The first-order chi connectivity index (χ1) is 12.2. The van der Waals surface area contributed by atoms with Crippen molar-refractivity contribution in [3.63, 3.8) is 0 Å². The Bertz CT molecular complexity index is 527. The molecule has 7 heteroatoms. The molecular formula is C19H34IN3O3. The average molecular weight is 479 g/mol. The van der Waals surface area contributed by atoms with Crippen molar-refractivity contribution in [1.29, 1.82) is 0 Å². The second kappa shape index (κ2) is 14.9. The first-order valence-electron chi connectivity index (χ1n) is 8.86. The first-order valence-corrected chi connectivity index (χ1v) is 8.86. The SMILES string of the molecule is CCCCOCCCNC(=NC)N(C)Cc1ccc(OC)cc1OC.I. The third kappa shape index (κ3) is 8.93. The number of benzene rings is 1. The van der Waals surface area contributed by atoms with Crippen molar-refractivity contribution in [3.8, 4) is 11.5 Å². The minimum atomic E-state index is 0. The fourth-order valence-corrected chi connectivity index (χ4v) is 2.42. The van der Waals surface area contributed by atoms with Gasteiger partial charge in [0, 0.05) is 52.0 Å². The first kappa shape index (κ1) is 24.8. The Morgan fingerprint density at radius 3 is 2.50 bits per heavy atom. The van der Waals surface area contributed by atoms with E-state index >= 15 is 0 Å². The van der Waals surface area contributed by atoms with Crippen molar-refractivity contribution in [2.45, 2.75) is 32.7 Å². The number of nitrogens with one attached hydrogen (secondary N) is 1. The Morgan fingerprint density at radius 2 is 1.88 bits per heavy atom. The molecule has 1 aromatic rings. The van der Waals surface area contributed by atoms with E-state index in [1.807, 2.05) is 25.2 Å². The average Bonchev–Trinajstić information content (AvgIpc) is 2.64. The summed E-state index contributed by atoms with van der Waals surface area (Å²) >= 11 is 0. The molecular weight excluding hydrogens is 445 g/mol. The van der Waals surface area contributed by atoms with Gasteiger partial charge < -0.3 is 24.4 Å². The molecule has 6 nitrogen and oxygen atoms in total. The van der Waals surface area contributed by atoms with Gasteiger partial charge in [0.25, 0.3) is 0 Å². The highest BCUT2D eigenvalue weighted by Crippen LogP contribution is 2.25. The number of guanidine groups is 1. The van der Waals surface area contributed by atoms with Crippen LogP contribution in [0.15, 0.2) is 23.2 Å². The van der Waals surface area contributed by atoms with E-state index in [4.69, 9.17) is 14.2 Å². The Kier molecular flexibility index (Phi) is 14.2. The van der Waals surface area contributed by atoms with Gasteiger partial charge in [0.2, 0.25) is 0 Å². The maximum atomic E-state index is 5.58. The fraction of sp³-hybridized carbons (Fsp3) is 0.632. The Hall–Kier alpha value is -1.22. The zero-order chi connectivity index (χ0) is 18.5. The summed E-state index contributed by atoms with van der Waals surface area (Å²) < 4.78 is 16.3. The van der Waals surface area contributed by atoms with Crippen LogP contribution in [-0.4, -0.2) is 58.9 Å². The lowest BCUT2D eigenvalue weighted by Gasteiger charge is -2.23. The van der Waals surface area contributed by atoms with Gasteiger partial charge in [-0.15, -0.1) is 24.0 Å². The van der Waals surface area contributed by atoms with E-state index in [2.05, 4.69) is 22.1 Å². The minimum absolute atomic E-state index is 0. The molecule has 1 aromatic carbocycles. The summed E-state index contributed by atoms with van der Waals surface area (Å²) in [5, 5.41) is 3.37. The van der Waals surface area contributed by atoms with Crippen LogP contribution in [0, 0.1) is 0 Å². The van der Waals surface area contributed by atoms with Crippen LogP contribution in [0.1, 0.15) is 31.7 Å². The second-order valence-corrected chi connectivity index (χ2v) is 5.83. The molecule has 0 aliphatic carbocycles. The van der Waals surface area contributed by atoms with Crippen LogP contribution in [0.2, 0.25) is 0 Å². The summed E-state index contributed by atoms with van der Waals surface area (Å²) in [5.41, 5.74) is 1.08. The molecule has 26 heavy (non-hydrogen) atoms. The summed E-state index contributed by atoms with van der Waals surface area (Å²) in [6, 6.07) is 5.85. The van der Waals surface area contributed by atoms with Gasteiger partial charge in [-0.3, -0.25) is 4.99 Å². The Morgan fingerprint density at radius 1 is 1.15 bits per heavy atom. The lowest BCUT2D eigenvalue weighted by atomic mass is 10.2. The zero-order valence-electron chi connectivity index (χ0n) is 16.7. The molecule has 0 aromatic heterocycles. The number of hydrogen-bond acceptors (Lipinski definition) is 4. The van der Waals surface area contributed by atoms with E-state index in [1.54, 1.807) is 21.3 Å². The third-order valence-electron chi connectivity index (χ3n) is 3.87. The van der Waals surface area contributed by atoms with Crippen molar-refractivity contribution < 1.29 is 14.2 Å². The molecule has 0 heterocycles. The summed E-state index contributed by atoms with van der Waals surface area (Å²) in [5.74, 6) is 2.45. The van der Waals surface area contributed by atoms with E-state index in [-0.39, 0.29) is 24.0 Å². The third-order valence-corrected chi connectivity index (χ3v) is 3.87. The number of methoxy groups -OCH3 is 2. The number of ether oxygens (including phenoxy) is 3. The lowest BCUT2D eigenvalue weighted by molar-refractivity contribution is 0.129. The molecule has 1 rings (SSSR count). The van der Waals surface area contributed by atoms with Crippen LogP contribution in [0.25, 0.3) is 0 Å². The molecule has 0 aliphatic rings. The van der Waals surface area contributed by atoms with E-state index in [0.29, 0.717) is 6.54 Å². The molecule has 0 radical (unpaired) electrons. The van der Waals surface area contributed by atoms with Crippen molar-refractivity contribution in [1.82, 2.24) is 10.2 Å². The molecule has 0 fully saturated rings. The van der Waals surface area contributed by atoms with Gasteiger partial charge in [-0.2, -0.15) is 0 Å². The van der Waals surface area contributed by atoms with Gasteiger partial charge in [-0.05, 0) is 25.0 Å². The van der Waals surface area contributed by atoms with E-state index in [9.17, 15) is 0 Å². The smallest absolute Gasteiger partial charge is 0.193 e. The molecule has 0 spiro atoms. The lowest BCUT2D eigenvalue weighted by Crippen LogP contribution is -2.39. The molecule has 0 atom stereocenters. The highest BCUT2D eigenvalue weighted by atomic mass is 127. The van der Waals surface area contributed by atoms with E-state index < -0.39 is 0 Å². The number of hydrogen-bond donors (Lipinski definition) is 1. The maximum absolute atomic E-state index is 5.58. The van der Waals surface area contributed by atoms with Crippen LogP contribution in [0.4, 0.5) is 0 Å². The monoisotopic (exact) mass is 479 g/mol. The molecule has 0 amide bonds. The van der Waals surface area contributed by atoms with Crippen LogP contribution >= 0.6 is 24.0 Å². The number of aliphatic imine (C=N–C) groups is 1. The molecule has 0 saturated heterocycles. The van der Waals surface area contributed by atoms with Crippen LogP contribution < -0.4 is 14.8 Å². The summed E-state index contributed by atoms with van der Waals surface area (Å²) in [6.07, 6.45) is 3.26. The van der Waals surface area contributed by atoms with E-state index in [0.717, 1.165) is 55.6 Å². The molecule has 0 bridgehead atoms. The van der Waals surface area contributed by atoms with Crippen molar-refractivity contribution >= 4 is 29.9 Å². The predicted octanol–water partition coefficient (Wildman–Crippen LogP) is 3.54. The predicted molar refractivity (Wildman–Crippen MR) is 118 cm³/mol. The van der Waals surface area contributed by atoms with Crippen LogP contribution in [0.3, 0.4) is 0 Å². The standard InChI is InChI=1S/C19H33N3O3.HI/c1-6-7-12-25-13-8-11-21-19(20-2)22(3)15-16-9-10-17(23-4)14-18(16)24-5;/h9-10,14H,6-8,11-13,15H2,1-5H3,(H,20,21);1H. The molecule has 150 valence electrons. The van der Waals surface area contributed by atoms with Gasteiger partial charge in [0.05, 0.1) is 14.2 Å². The molecule has 0 saturated carbocycles. The highest BCUT2D eigenvalue weighted by molar-refractivity contribution is 14.0. The maximum Gasteiger partial charge on any atom is 0.193 e. The Labute approximate surface area is 175 Å². The van der Waals surface area contributed by atoms with Gasteiger partial charge in [-0.1, -0.05) is 13.3 Å².